The quantitative estimate of drug-likeness (QED) is 0.331. The van der Waals surface area contributed by atoms with Crippen LogP contribution in [-0.2, 0) is 0 Å². The van der Waals surface area contributed by atoms with E-state index in [1.807, 2.05) is 0 Å². The van der Waals surface area contributed by atoms with Crippen LogP contribution in [-0.4, -0.2) is 32.1 Å². The second-order valence-corrected chi connectivity index (χ2v) is 5.77. The molecule has 0 unspecified atom stereocenters. The molecule has 1 fully saturated rings. The first-order valence-electron chi connectivity index (χ1n) is 6.15. The maximum absolute atomic E-state index is 12.1. The minimum absolute atomic E-state index is 0.0604. The number of hydrogen-bond donors (Lipinski definition) is 3. The molecular weight excluding hydrogens is 266 g/mol. The lowest BCUT2D eigenvalue weighted by molar-refractivity contribution is 0.0901. The van der Waals surface area contributed by atoms with Crippen LogP contribution in [0.3, 0.4) is 0 Å². The number of nitrogens with zero attached hydrogens (tertiary/aromatic N) is 3. The molecule has 104 valence electrons. The molecule has 1 aromatic rings. The van der Waals surface area contributed by atoms with Crippen LogP contribution in [0.25, 0.3) is 0 Å². The maximum atomic E-state index is 12.1. The summed E-state index contributed by atoms with van der Waals surface area (Å²) in [6, 6.07) is 0. The fraction of sp³-hybridized carbons (Fsp3) is 0.636. The van der Waals surface area contributed by atoms with E-state index in [1.165, 1.54) is 6.20 Å². The average molecular weight is 283 g/mol. The molecule has 1 aliphatic carbocycles. The number of nitrogens with one attached hydrogen (secondary N) is 1. The molecule has 0 aromatic carbocycles. The topological polar surface area (TPSA) is 113 Å². The lowest BCUT2D eigenvalue weighted by Gasteiger charge is -2.38. The van der Waals surface area contributed by atoms with E-state index in [9.17, 15) is 4.79 Å². The van der Waals surface area contributed by atoms with Crippen LogP contribution in [0.15, 0.2) is 11.4 Å². The molecule has 1 saturated carbocycles. The van der Waals surface area contributed by atoms with E-state index in [2.05, 4.69) is 27.0 Å². The van der Waals surface area contributed by atoms with Crippen molar-refractivity contribution in [3.8, 4) is 0 Å². The molecule has 0 saturated heterocycles. The van der Waals surface area contributed by atoms with Gasteiger partial charge in [-0.15, -0.1) is 5.10 Å². The number of amidine groups is 1. The van der Waals surface area contributed by atoms with E-state index in [-0.39, 0.29) is 11.7 Å². The third-order valence-corrected chi connectivity index (χ3v) is 4.33. The highest BCUT2D eigenvalue weighted by molar-refractivity contribution is 7.07. The minimum atomic E-state index is -0.762. The first-order valence-corrected chi connectivity index (χ1v) is 6.92. The van der Waals surface area contributed by atoms with Crippen LogP contribution in [0.4, 0.5) is 0 Å². The third kappa shape index (κ3) is 2.83. The average Bonchev–Trinajstić information content (AvgIpc) is 2.95. The highest BCUT2D eigenvalue weighted by atomic mass is 32.1. The smallest absolute Gasteiger partial charge is 0.265 e. The molecule has 0 aliphatic heterocycles. The molecule has 0 spiro atoms. The van der Waals surface area contributed by atoms with E-state index >= 15 is 0 Å². The van der Waals surface area contributed by atoms with Crippen LogP contribution in [0, 0.1) is 5.92 Å². The number of aromatic nitrogens is 2. The molecule has 2 rings (SSSR count). The van der Waals surface area contributed by atoms with Gasteiger partial charge in [-0.1, -0.05) is 16.6 Å². The van der Waals surface area contributed by atoms with Gasteiger partial charge in [-0.05, 0) is 43.1 Å². The van der Waals surface area contributed by atoms with Gasteiger partial charge in [0.2, 0.25) is 0 Å². The van der Waals surface area contributed by atoms with Crippen LogP contribution in [0.5, 0.6) is 0 Å². The Morgan fingerprint density at radius 1 is 1.63 bits per heavy atom. The summed E-state index contributed by atoms with van der Waals surface area (Å²) in [5.41, 5.74) is 5.03. The molecule has 0 bridgehead atoms. The summed E-state index contributed by atoms with van der Waals surface area (Å²) in [5, 5.41) is 18.6. The van der Waals surface area contributed by atoms with Gasteiger partial charge < -0.3 is 16.3 Å². The van der Waals surface area contributed by atoms with Gasteiger partial charge in [0.15, 0.2) is 5.84 Å². The molecule has 1 aromatic heterocycles. The molecule has 0 atom stereocenters. The van der Waals surface area contributed by atoms with Crippen molar-refractivity contribution >= 4 is 23.3 Å². The third-order valence-electron chi connectivity index (χ3n) is 3.66. The molecule has 1 aliphatic rings. The Hall–Kier alpha value is -1.70. The standard InChI is InChI=1S/C11H17N5O2S/c1-7-2-4-11(5-3-7,10(12)15-18)14-9(17)8-6-13-16-19-8/h6-7,18H,2-5H2,1H3,(H2,12,15)(H,14,17). The van der Waals surface area contributed by atoms with Crippen molar-refractivity contribution in [1.82, 2.24) is 14.9 Å². The van der Waals surface area contributed by atoms with Crippen molar-refractivity contribution in [2.24, 2.45) is 16.8 Å². The monoisotopic (exact) mass is 283 g/mol. The van der Waals surface area contributed by atoms with E-state index in [0.29, 0.717) is 23.6 Å². The Morgan fingerprint density at radius 3 is 2.84 bits per heavy atom. The zero-order chi connectivity index (χ0) is 13.9. The highest BCUT2D eigenvalue weighted by Crippen LogP contribution is 2.32. The summed E-state index contributed by atoms with van der Waals surface area (Å²) in [7, 11) is 0. The number of rotatable bonds is 3. The first kappa shape index (κ1) is 13.7. The van der Waals surface area contributed by atoms with Crippen LogP contribution >= 0.6 is 11.5 Å². The second kappa shape index (κ2) is 5.52. The lowest BCUT2D eigenvalue weighted by Crippen LogP contribution is -2.59. The van der Waals surface area contributed by atoms with Crippen LogP contribution in [0.1, 0.15) is 42.3 Å². The maximum Gasteiger partial charge on any atom is 0.265 e. The number of amides is 1. The van der Waals surface area contributed by atoms with E-state index in [4.69, 9.17) is 10.9 Å². The highest BCUT2D eigenvalue weighted by Gasteiger charge is 2.40. The molecular formula is C11H17N5O2S. The molecule has 8 heteroatoms. The van der Waals surface area contributed by atoms with Gasteiger partial charge in [-0.25, -0.2) is 0 Å². The van der Waals surface area contributed by atoms with E-state index < -0.39 is 5.54 Å². The molecule has 19 heavy (non-hydrogen) atoms. The predicted molar refractivity (Wildman–Crippen MR) is 71.1 cm³/mol. The summed E-state index contributed by atoms with van der Waals surface area (Å²) in [4.78, 5) is 12.5. The van der Waals surface area contributed by atoms with Crippen LogP contribution in [0.2, 0.25) is 0 Å². The fourth-order valence-corrected chi connectivity index (χ4v) is 2.75. The Bertz CT molecular complexity index is 465. The minimum Gasteiger partial charge on any atom is -0.409 e. The SMILES string of the molecule is CC1CCC(NC(=O)c2cnns2)(C(N)=NO)CC1. The van der Waals surface area contributed by atoms with Gasteiger partial charge in [-0.3, -0.25) is 4.79 Å². The molecule has 7 nitrogen and oxygen atoms in total. The Labute approximate surface area is 115 Å². The van der Waals surface area contributed by atoms with Crippen molar-refractivity contribution in [3.05, 3.63) is 11.1 Å². The summed E-state index contributed by atoms with van der Waals surface area (Å²) < 4.78 is 3.66. The van der Waals surface area contributed by atoms with Crippen molar-refractivity contribution < 1.29 is 10.0 Å². The van der Waals surface area contributed by atoms with Crippen molar-refractivity contribution in [2.45, 2.75) is 38.1 Å². The molecule has 4 N–H and O–H groups in total. The number of oxime groups is 1. The Morgan fingerprint density at radius 2 is 2.32 bits per heavy atom. The summed E-state index contributed by atoms with van der Waals surface area (Å²) in [6.45, 7) is 2.16. The van der Waals surface area contributed by atoms with Gasteiger partial charge in [0.05, 0.1) is 6.20 Å². The largest absolute Gasteiger partial charge is 0.409 e. The van der Waals surface area contributed by atoms with Gasteiger partial charge in [0, 0.05) is 0 Å². The predicted octanol–water partition coefficient (Wildman–Crippen LogP) is 0.963. The zero-order valence-electron chi connectivity index (χ0n) is 10.7. The zero-order valence-corrected chi connectivity index (χ0v) is 11.5. The fourth-order valence-electron chi connectivity index (χ4n) is 2.34. The normalized spacial score (nSPS) is 28.1. The second-order valence-electron chi connectivity index (χ2n) is 4.99. The van der Waals surface area contributed by atoms with Crippen molar-refractivity contribution in [1.29, 1.82) is 0 Å². The molecule has 1 heterocycles. The van der Waals surface area contributed by atoms with Crippen molar-refractivity contribution in [3.63, 3.8) is 0 Å². The lowest BCUT2D eigenvalue weighted by atomic mass is 9.76. The Balaban J connectivity index is 2.17. The van der Waals surface area contributed by atoms with E-state index in [0.717, 1.165) is 24.4 Å². The summed E-state index contributed by atoms with van der Waals surface area (Å²) >= 11 is 1.02. The number of nitrogens with two attached hydrogens (primary N) is 1. The Kier molecular flexibility index (Phi) is 3.98. The van der Waals surface area contributed by atoms with Gasteiger partial charge in [-0.2, -0.15) is 0 Å². The molecule has 0 radical (unpaired) electrons. The first-order chi connectivity index (χ1) is 9.07. The van der Waals surface area contributed by atoms with Crippen molar-refractivity contribution in [2.75, 3.05) is 0 Å². The van der Waals surface area contributed by atoms with Gasteiger partial charge >= 0.3 is 0 Å². The number of carbonyl (C=O) groups is 1. The summed E-state index contributed by atoms with van der Waals surface area (Å²) in [6.07, 6.45) is 4.60. The van der Waals surface area contributed by atoms with E-state index in [1.54, 1.807) is 0 Å². The number of hydrogen-bond acceptors (Lipinski definition) is 6. The summed E-state index contributed by atoms with van der Waals surface area (Å²) in [5.74, 6) is 0.364. The number of carbonyl (C=O) groups excluding carboxylic acids is 1. The van der Waals surface area contributed by atoms with Crippen LogP contribution < -0.4 is 11.1 Å². The molecule has 1 amide bonds. The van der Waals surface area contributed by atoms with Gasteiger partial charge in [0.25, 0.3) is 5.91 Å². The van der Waals surface area contributed by atoms with Gasteiger partial charge in [0.1, 0.15) is 10.4 Å².